The number of β-lactam (4-membered cyclic amide) rings is 1. The van der Waals surface area contributed by atoms with Gasteiger partial charge in [0.05, 0.1) is 46.8 Å². The minimum absolute atomic E-state index is 0. The number of aromatic nitrogens is 3. The number of aliphatic hydroxyl groups is 1. The van der Waals surface area contributed by atoms with Gasteiger partial charge in [0.1, 0.15) is 5.52 Å². The van der Waals surface area contributed by atoms with E-state index >= 15 is 0 Å². The quantitative estimate of drug-likeness (QED) is 0.426. The Kier molecular flexibility index (Phi) is 5.44. The molecule has 0 aromatic carbocycles. The van der Waals surface area contributed by atoms with Gasteiger partial charge in [0.25, 0.3) is 0 Å². The first-order valence-corrected chi connectivity index (χ1v) is 9.25. The SMILES string of the molecule is CC(O)C1C(=O)N2C(C(=O)[O-])=C(Sc3nc4cnncc4s3)C(C)C12.[Na+]. The number of aliphatic hydroxyl groups excluding tert-OH is 1. The van der Waals surface area contributed by atoms with Gasteiger partial charge in [-0.1, -0.05) is 18.7 Å². The van der Waals surface area contributed by atoms with Gasteiger partial charge in [0.15, 0.2) is 4.34 Å². The molecule has 2 aromatic rings. The third kappa shape index (κ3) is 2.88. The molecule has 1 saturated heterocycles. The van der Waals surface area contributed by atoms with Gasteiger partial charge in [-0.3, -0.25) is 4.79 Å². The van der Waals surface area contributed by atoms with Crippen LogP contribution in [0, 0.1) is 11.8 Å². The second kappa shape index (κ2) is 7.17. The Morgan fingerprint density at radius 1 is 1.42 bits per heavy atom. The molecule has 1 fully saturated rings. The zero-order chi connectivity index (χ0) is 17.9. The van der Waals surface area contributed by atoms with E-state index in [4.69, 9.17) is 0 Å². The Labute approximate surface area is 179 Å². The van der Waals surface area contributed by atoms with Crippen molar-refractivity contribution in [2.45, 2.75) is 30.3 Å². The number of thioether (sulfide) groups is 1. The summed E-state index contributed by atoms with van der Waals surface area (Å²) < 4.78 is 1.49. The molecule has 2 aliphatic rings. The molecule has 4 atom stereocenters. The summed E-state index contributed by atoms with van der Waals surface area (Å²) in [6, 6.07) is -0.361. The van der Waals surface area contributed by atoms with E-state index in [-0.39, 0.29) is 53.1 Å². The maximum Gasteiger partial charge on any atom is 1.00 e. The molecular formula is C15H13N4NaO4S2. The van der Waals surface area contributed by atoms with Crippen molar-refractivity contribution in [3.05, 3.63) is 23.0 Å². The third-order valence-electron chi connectivity index (χ3n) is 4.58. The fourth-order valence-corrected chi connectivity index (χ4v) is 5.74. The summed E-state index contributed by atoms with van der Waals surface area (Å²) in [4.78, 5) is 30.1. The monoisotopic (exact) mass is 400 g/mol. The van der Waals surface area contributed by atoms with Gasteiger partial charge in [-0.2, -0.15) is 10.2 Å². The standard InChI is InChI=1S/C15H14N4O4S2.Na/c1-5-10-9(6(2)20)13(21)19(10)11(14(22)23)12(5)25-15-18-7-3-16-17-4-8(7)24-15;/h3-6,9-10,20H,1-2H3,(H,22,23);/q;+1/p-1. The summed E-state index contributed by atoms with van der Waals surface area (Å²) in [6.07, 6.45) is 2.31. The minimum atomic E-state index is -1.39. The van der Waals surface area contributed by atoms with E-state index in [1.54, 1.807) is 19.3 Å². The van der Waals surface area contributed by atoms with E-state index in [9.17, 15) is 19.8 Å². The molecule has 0 aliphatic carbocycles. The maximum absolute atomic E-state index is 12.3. The predicted octanol–water partition coefficient (Wildman–Crippen LogP) is -3.00. The van der Waals surface area contributed by atoms with Crippen molar-refractivity contribution < 1.29 is 49.4 Å². The molecule has 4 heterocycles. The van der Waals surface area contributed by atoms with Crippen molar-refractivity contribution in [3.8, 4) is 0 Å². The third-order valence-corrected chi connectivity index (χ3v) is 6.93. The summed E-state index contributed by atoms with van der Waals surface area (Å²) in [6.45, 7) is 3.40. The van der Waals surface area contributed by atoms with Gasteiger partial charge in [-0.05, 0) is 6.92 Å². The molecule has 4 unspecified atom stereocenters. The van der Waals surface area contributed by atoms with Crippen molar-refractivity contribution in [3.63, 3.8) is 0 Å². The Bertz CT molecular complexity index is 898. The van der Waals surface area contributed by atoms with Crippen LogP contribution in [0.4, 0.5) is 0 Å². The number of carbonyl (C=O) groups excluding carboxylic acids is 2. The molecule has 0 spiro atoms. The fraction of sp³-hybridized carbons (Fsp3) is 0.400. The summed E-state index contributed by atoms with van der Waals surface area (Å²) in [5.41, 5.74) is 0.574. The van der Waals surface area contributed by atoms with E-state index in [1.165, 1.54) is 28.0 Å². The molecule has 2 aromatic heterocycles. The van der Waals surface area contributed by atoms with Gasteiger partial charge < -0.3 is 19.9 Å². The van der Waals surface area contributed by atoms with E-state index in [1.807, 2.05) is 6.92 Å². The first-order chi connectivity index (χ1) is 11.9. The number of rotatable bonds is 4. The van der Waals surface area contributed by atoms with Crippen molar-refractivity contribution in [2.24, 2.45) is 11.8 Å². The Morgan fingerprint density at radius 2 is 2.12 bits per heavy atom. The van der Waals surface area contributed by atoms with Crippen LogP contribution in [0.2, 0.25) is 0 Å². The number of hydrogen-bond donors (Lipinski definition) is 1. The fourth-order valence-electron chi connectivity index (χ4n) is 3.47. The zero-order valence-electron chi connectivity index (χ0n) is 14.2. The first-order valence-electron chi connectivity index (χ1n) is 7.62. The number of amides is 1. The molecule has 8 nitrogen and oxygen atoms in total. The van der Waals surface area contributed by atoms with Crippen molar-refractivity contribution in [1.82, 2.24) is 20.1 Å². The summed E-state index contributed by atoms with van der Waals surface area (Å²) in [7, 11) is 0. The Hall–Kier alpha value is -1.04. The second-order valence-corrected chi connectivity index (χ2v) is 8.39. The van der Waals surface area contributed by atoms with Crippen LogP contribution in [0.1, 0.15) is 13.8 Å². The van der Waals surface area contributed by atoms with Crippen LogP contribution in [-0.2, 0) is 9.59 Å². The van der Waals surface area contributed by atoms with Crippen LogP contribution in [-0.4, -0.2) is 49.2 Å². The molecule has 26 heavy (non-hydrogen) atoms. The van der Waals surface area contributed by atoms with Crippen molar-refractivity contribution in [2.75, 3.05) is 0 Å². The molecular weight excluding hydrogens is 387 g/mol. The summed E-state index contributed by atoms with van der Waals surface area (Å²) >= 11 is 2.60. The number of carboxylic acid groups (broad SMARTS) is 1. The molecule has 130 valence electrons. The van der Waals surface area contributed by atoms with Crippen LogP contribution < -0.4 is 34.7 Å². The average Bonchev–Trinajstić information content (AvgIpc) is 3.05. The van der Waals surface area contributed by atoms with Gasteiger partial charge in [-0.25, -0.2) is 4.98 Å². The number of hydrogen-bond acceptors (Lipinski definition) is 9. The Balaban J connectivity index is 0.00000196. The van der Waals surface area contributed by atoms with Crippen LogP contribution in [0.15, 0.2) is 27.3 Å². The summed E-state index contributed by atoms with van der Waals surface area (Å²) in [5, 5.41) is 29.1. The van der Waals surface area contributed by atoms with E-state index < -0.39 is 18.0 Å². The van der Waals surface area contributed by atoms with E-state index in [0.29, 0.717) is 14.8 Å². The van der Waals surface area contributed by atoms with Gasteiger partial charge in [0, 0.05) is 10.8 Å². The number of thiazole rings is 1. The number of nitrogens with zero attached hydrogens (tertiary/aromatic N) is 4. The minimum Gasteiger partial charge on any atom is -0.543 e. The predicted molar refractivity (Wildman–Crippen MR) is 88.1 cm³/mol. The number of aliphatic carboxylic acids is 1. The normalized spacial score (nSPS) is 25.7. The molecule has 0 radical (unpaired) electrons. The van der Waals surface area contributed by atoms with Gasteiger partial charge in [-0.15, -0.1) is 11.3 Å². The summed E-state index contributed by atoms with van der Waals surface area (Å²) in [5.74, 6) is -2.58. The largest absolute Gasteiger partial charge is 1.00 e. The van der Waals surface area contributed by atoms with Crippen molar-refractivity contribution in [1.29, 1.82) is 0 Å². The average molecular weight is 400 g/mol. The van der Waals surface area contributed by atoms with Crippen LogP contribution in [0.5, 0.6) is 0 Å². The number of carboxylic acids is 1. The first kappa shape index (κ1) is 19.7. The zero-order valence-corrected chi connectivity index (χ0v) is 17.9. The van der Waals surface area contributed by atoms with Crippen molar-refractivity contribution >= 4 is 45.2 Å². The smallest absolute Gasteiger partial charge is 0.543 e. The molecule has 2 aliphatic heterocycles. The van der Waals surface area contributed by atoms with Gasteiger partial charge >= 0.3 is 29.6 Å². The van der Waals surface area contributed by atoms with Crippen LogP contribution >= 0.6 is 23.1 Å². The van der Waals surface area contributed by atoms with Crippen LogP contribution in [0.25, 0.3) is 10.2 Å². The molecule has 4 rings (SSSR count). The molecule has 0 bridgehead atoms. The second-order valence-electron chi connectivity index (χ2n) is 6.07. The van der Waals surface area contributed by atoms with Crippen LogP contribution in [0.3, 0.4) is 0 Å². The topological polar surface area (TPSA) is 119 Å². The Morgan fingerprint density at radius 3 is 2.73 bits per heavy atom. The van der Waals surface area contributed by atoms with E-state index in [2.05, 4.69) is 15.2 Å². The molecule has 1 amide bonds. The molecule has 1 N–H and O–H groups in total. The number of fused-ring (bicyclic) bond motifs is 2. The maximum atomic E-state index is 12.3. The number of carbonyl (C=O) groups is 2. The van der Waals surface area contributed by atoms with E-state index in [0.717, 1.165) is 4.70 Å². The molecule has 11 heteroatoms. The van der Waals surface area contributed by atoms with Gasteiger partial charge in [0.2, 0.25) is 5.91 Å². The molecule has 0 saturated carbocycles.